The van der Waals surface area contributed by atoms with Crippen molar-refractivity contribution >= 4 is 11.8 Å². The molecule has 1 aliphatic rings. The maximum atomic E-state index is 8.98. The summed E-state index contributed by atoms with van der Waals surface area (Å²) < 4.78 is -0.255. The van der Waals surface area contributed by atoms with Crippen molar-refractivity contribution in [3.63, 3.8) is 0 Å². The van der Waals surface area contributed by atoms with Gasteiger partial charge in [-0.15, -0.1) is 11.8 Å². The number of allylic oxidation sites excluding steroid dienone is 3. The zero-order valence-electron chi connectivity index (χ0n) is 8.53. The predicted octanol–water partition coefficient (Wildman–Crippen LogP) is 3.01. The van der Waals surface area contributed by atoms with E-state index < -0.39 is 0 Å². The summed E-state index contributed by atoms with van der Waals surface area (Å²) >= 11 is 1.67. The highest BCUT2D eigenvalue weighted by molar-refractivity contribution is 8.04. The van der Waals surface area contributed by atoms with Gasteiger partial charge in [-0.2, -0.15) is 10.5 Å². The lowest BCUT2D eigenvalue weighted by Crippen LogP contribution is -2.26. The fourth-order valence-corrected chi connectivity index (χ4v) is 3.03. The van der Waals surface area contributed by atoms with Gasteiger partial charge < -0.3 is 0 Å². The molecular weight excluding hydrogens is 192 g/mol. The van der Waals surface area contributed by atoms with E-state index in [2.05, 4.69) is 19.1 Å². The molecule has 0 aliphatic carbocycles. The summed E-state index contributed by atoms with van der Waals surface area (Å²) in [7, 11) is 0. The highest BCUT2D eigenvalue weighted by atomic mass is 32.2. The summed E-state index contributed by atoms with van der Waals surface area (Å²) in [5, 5.41) is 17.6. The third-order valence-electron chi connectivity index (χ3n) is 2.59. The van der Waals surface area contributed by atoms with E-state index in [1.165, 1.54) is 11.0 Å². The van der Waals surface area contributed by atoms with Gasteiger partial charge in [0.1, 0.15) is 0 Å². The van der Waals surface area contributed by atoms with Crippen molar-refractivity contribution < 1.29 is 0 Å². The Hall–Kier alpha value is -1.19. The molecule has 0 N–H and O–H groups in total. The van der Waals surface area contributed by atoms with Crippen molar-refractivity contribution in [1.29, 1.82) is 10.5 Å². The molecule has 0 bridgehead atoms. The summed E-state index contributed by atoms with van der Waals surface area (Å²) in [4.78, 5) is 1.22. The van der Waals surface area contributed by atoms with Crippen LogP contribution in [0.4, 0.5) is 0 Å². The van der Waals surface area contributed by atoms with Gasteiger partial charge in [0.2, 0.25) is 0 Å². The van der Waals surface area contributed by atoms with Crippen LogP contribution in [0.25, 0.3) is 0 Å². The Bertz CT molecular complexity index is 381. The van der Waals surface area contributed by atoms with Gasteiger partial charge in [-0.25, -0.2) is 0 Å². The van der Waals surface area contributed by atoms with Crippen molar-refractivity contribution in [2.75, 3.05) is 0 Å². The minimum absolute atomic E-state index is 0.255. The Morgan fingerprint density at radius 3 is 2.64 bits per heavy atom. The van der Waals surface area contributed by atoms with E-state index in [0.29, 0.717) is 11.5 Å². The third kappa shape index (κ3) is 1.69. The van der Waals surface area contributed by atoms with Gasteiger partial charge in [0, 0.05) is 6.08 Å². The van der Waals surface area contributed by atoms with Gasteiger partial charge in [0.05, 0.1) is 22.5 Å². The van der Waals surface area contributed by atoms with Crippen molar-refractivity contribution in [2.24, 2.45) is 5.92 Å². The molecule has 3 heteroatoms. The van der Waals surface area contributed by atoms with E-state index in [4.69, 9.17) is 10.5 Å². The van der Waals surface area contributed by atoms with Crippen molar-refractivity contribution in [3.8, 4) is 12.1 Å². The summed E-state index contributed by atoms with van der Waals surface area (Å²) in [6, 6.07) is 4.06. The smallest absolute Gasteiger partial charge is 0.0969 e. The number of hydrogen-bond acceptors (Lipinski definition) is 3. The van der Waals surface area contributed by atoms with E-state index in [1.807, 2.05) is 19.9 Å². The van der Waals surface area contributed by atoms with Crippen molar-refractivity contribution in [3.05, 3.63) is 22.6 Å². The average Bonchev–Trinajstić information content (AvgIpc) is 2.37. The standard InChI is InChI=1S/C11H12N2S/c1-8-6-9(2)14-11(8,3)10(7-13)4-5-12/h4,6,8H,1-3H3/b10-4+. The molecule has 1 rings (SSSR count). The highest BCUT2D eigenvalue weighted by Crippen LogP contribution is 2.49. The second-order valence-electron chi connectivity index (χ2n) is 3.57. The van der Waals surface area contributed by atoms with E-state index in [9.17, 15) is 0 Å². The summed E-state index contributed by atoms with van der Waals surface area (Å²) in [5.41, 5.74) is 0.561. The minimum atomic E-state index is -0.255. The average molecular weight is 204 g/mol. The first kappa shape index (κ1) is 10.9. The topological polar surface area (TPSA) is 47.6 Å². The number of thioether (sulfide) groups is 1. The highest BCUT2D eigenvalue weighted by Gasteiger charge is 2.39. The molecule has 0 saturated heterocycles. The van der Waals surface area contributed by atoms with Crippen LogP contribution in [0.2, 0.25) is 0 Å². The number of hydrogen-bond donors (Lipinski definition) is 0. The van der Waals surface area contributed by atoms with E-state index in [1.54, 1.807) is 11.8 Å². The molecule has 2 nitrogen and oxygen atoms in total. The van der Waals surface area contributed by atoms with E-state index in [0.717, 1.165) is 0 Å². The van der Waals surface area contributed by atoms with Crippen LogP contribution in [0, 0.1) is 28.6 Å². The molecule has 0 amide bonds. The quantitative estimate of drug-likeness (QED) is 0.617. The maximum Gasteiger partial charge on any atom is 0.0969 e. The molecular formula is C11H12N2S. The van der Waals surface area contributed by atoms with Crippen LogP contribution in [0.1, 0.15) is 20.8 Å². The number of nitriles is 2. The SMILES string of the molecule is CC1=CC(C)C(C)(/C(C#N)=C/C#N)S1. The van der Waals surface area contributed by atoms with E-state index in [-0.39, 0.29) is 4.75 Å². The van der Waals surface area contributed by atoms with Crippen LogP contribution < -0.4 is 0 Å². The molecule has 0 spiro atoms. The Balaban J connectivity index is 3.06. The second kappa shape index (κ2) is 3.90. The summed E-state index contributed by atoms with van der Waals surface area (Å²) in [5.74, 6) is 0.298. The van der Waals surface area contributed by atoms with Crippen molar-refractivity contribution in [2.45, 2.75) is 25.5 Å². The lowest BCUT2D eigenvalue weighted by atomic mass is 9.88. The van der Waals surface area contributed by atoms with Crippen LogP contribution in [0.15, 0.2) is 22.6 Å². The Kier molecular flexibility index (Phi) is 3.03. The van der Waals surface area contributed by atoms with Crippen LogP contribution in [-0.2, 0) is 0 Å². The number of rotatable bonds is 1. The van der Waals surface area contributed by atoms with Gasteiger partial charge >= 0.3 is 0 Å². The summed E-state index contributed by atoms with van der Waals surface area (Å²) in [6.45, 7) is 6.13. The van der Waals surface area contributed by atoms with Gasteiger partial charge in [-0.1, -0.05) is 13.0 Å². The molecule has 1 heterocycles. The first-order valence-corrected chi connectivity index (χ1v) is 5.24. The molecule has 2 atom stereocenters. The molecule has 72 valence electrons. The van der Waals surface area contributed by atoms with Crippen LogP contribution in [-0.4, -0.2) is 4.75 Å². The normalized spacial score (nSPS) is 31.9. The van der Waals surface area contributed by atoms with Gasteiger partial charge in [0.25, 0.3) is 0 Å². The van der Waals surface area contributed by atoms with Crippen LogP contribution >= 0.6 is 11.8 Å². The lowest BCUT2D eigenvalue weighted by Gasteiger charge is -2.27. The Labute approximate surface area is 88.9 Å². The van der Waals surface area contributed by atoms with Gasteiger partial charge in [0.15, 0.2) is 0 Å². The third-order valence-corrected chi connectivity index (χ3v) is 4.06. The molecule has 1 aliphatic heterocycles. The fourth-order valence-electron chi connectivity index (χ4n) is 1.62. The zero-order valence-corrected chi connectivity index (χ0v) is 9.35. The number of nitrogens with zero attached hydrogens (tertiary/aromatic N) is 2. The monoisotopic (exact) mass is 204 g/mol. The van der Waals surface area contributed by atoms with E-state index >= 15 is 0 Å². The molecule has 0 aromatic rings. The first-order chi connectivity index (χ1) is 6.54. The second-order valence-corrected chi connectivity index (χ2v) is 5.27. The van der Waals surface area contributed by atoms with Gasteiger partial charge in [-0.05, 0) is 24.7 Å². The largest absolute Gasteiger partial charge is 0.193 e. The predicted molar refractivity (Wildman–Crippen MR) is 58.2 cm³/mol. The molecule has 0 aromatic heterocycles. The zero-order chi connectivity index (χ0) is 10.8. The minimum Gasteiger partial charge on any atom is -0.193 e. The van der Waals surface area contributed by atoms with Crippen LogP contribution in [0.3, 0.4) is 0 Å². The van der Waals surface area contributed by atoms with Crippen LogP contribution in [0.5, 0.6) is 0 Å². The Morgan fingerprint density at radius 1 is 1.64 bits per heavy atom. The molecule has 2 unspecified atom stereocenters. The van der Waals surface area contributed by atoms with Gasteiger partial charge in [-0.3, -0.25) is 0 Å². The lowest BCUT2D eigenvalue weighted by molar-refractivity contribution is 0.601. The molecule has 0 fully saturated rings. The van der Waals surface area contributed by atoms with Crippen molar-refractivity contribution in [1.82, 2.24) is 0 Å². The Morgan fingerprint density at radius 2 is 2.29 bits per heavy atom. The molecule has 0 radical (unpaired) electrons. The molecule has 14 heavy (non-hydrogen) atoms. The summed E-state index contributed by atoms with van der Waals surface area (Å²) in [6.07, 6.45) is 3.50. The maximum absolute atomic E-state index is 8.98. The first-order valence-electron chi connectivity index (χ1n) is 4.42. The molecule has 0 saturated carbocycles. The molecule has 0 aromatic carbocycles. The fraction of sp³-hybridized carbons (Fsp3) is 0.455.